The Morgan fingerprint density at radius 3 is 1.96 bits per heavy atom. The molecule has 0 saturated heterocycles. The van der Waals surface area contributed by atoms with Crippen molar-refractivity contribution in [3.8, 4) is 11.5 Å². The maximum Gasteiger partial charge on any atom is 0.319 e. The van der Waals surface area contributed by atoms with Crippen LogP contribution in [0, 0.1) is 23.2 Å². The summed E-state index contributed by atoms with van der Waals surface area (Å²) in [6.45, 7) is 2.19. The van der Waals surface area contributed by atoms with Crippen molar-refractivity contribution in [2.45, 2.75) is 51.5 Å². The summed E-state index contributed by atoms with van der Waals surface area (Å²) < 4.78 is 10.5. The number of ether oxygens (including phenoxy) is 2. The van der Waals surface area contributed by atoms with E-state index in [1.54, 1.807) is 32.4 Å². The van der Waals surface area contributed by atoms with Crippen LogP contribution in [-0.4, -0.2) is 26.3 Å². The molecule has 1 unspecified atom stereocenters. The van der Waals surface area contributed by atoms with Gasteiger partial charge in [-0.2, -0.15) is 0 Å². The summed E-state index contributed by atoms with van der Waals surface area (Å²) in [6, 6.07) is 5.45. The molecule has 0 aromatic heterocycles. The Kier molecular flexibility index (Phi) is 4.49. The zero-order valence-corrected chi connectivity index (χ0v) is 16.0. The first kappa shape index (κ1) is 17.5. The molecular weight excluding hydrogens is 328 g/mol. The Morgan fingerprint density at radius 2 is 1.50 bits per heavy atom. The van der Waals surface area contributed by atoms with Gasteiger partial charge in [0, 0.05) is 29.9 Å². The number of carbonyl (C=O) groups is 1. The molecule has 4 bridgehead atoms. The SMILES string of the molecule is COc1cc(NC(=O)NC(C)C23CC4CC(CC(C4)C2)C3)cc(OC)c1. The number of methoxy groups -OCH3 is 2. The van der Waals surface area contributed by atoms with E-state index in [0.29, 0.717) is 22.6 Å². The molecule has 0 spiro atoms. The molecule has 0 aliphatic heterocycles. The smallest absolute Gasteiger partial charge is 0.319 e. The van der Waals surface area contributed by atoms with Gasteiger partial charge < -0.3 is 20.1 Å². The molecule has 1 atom stereocenters. The van der Waals surface area contributed by atoms with Gasteiger partial charge in [0.2, 0.25) is 0 Å². The molecule has 4 aliphatic rings. The van der Waals surface area contributed by atoms with Gasteiger partial charge in [0.25, 0.3) is 0 Å². The van der Waals surface area contributed by atoms with Crippen LogP contribution < -0.4 is 20.1 Å². The van der Waals surface area contributed by atoms with Gasteiger partial charge in [-0.15, -0.1) is 0 Å². The maximum absolute atomic E-state index is 12.6. The first-order valence-electron chi connectivity index (χ1n) is 9.80. The summed E-state index contributed by atoms with van der Waals surface area (Å²) in [5.74, 6) is 3.98. The van der Waals surface area contributed by atoms with E-state index >= 15 is 0 Å². The van der Waals surface area contributed by atoms with Gasteiger partial charge >= 0.3 is 6.03 Å². The summed E-state index contributed by atoms with van der Waals surface area (Å²) >= 11 is 0. The second-order valence-corrected chi connectivity index (χ2v) is 8.70. The normalized spacial score (nSPS) is 32.8. The van der Waals surface area contributed by atoms with E-state index in [1.807, 2.05) is 0 Å². The molecule has 26 heavy (non-hydrogen) atoms. The summed E-state index contributed by atoms with van der Waals surface area (Å²) in [7, 11) is 3.21. The molecular formula is C21H30N2O3. The minimum atomic E-state index is -0.149. The lowest BCUT2D eigenvalue weighted by molar-refractivity contribution is -0.0679. The Labute approximate surface area is 155 Å². The van der Waals surface area contributed by atoms with Crippen LogP contribution >= 0.6 is 0 Å². The maximum atomic E-state index is 12.6. The topological polar surface area (TPSA) is 59.6 Å². The van der Waals surface area contributed by atoms with Crippen LogP contribution in [0.4, 0.5) is 10.5 Å². The number of benzene rings is 1. The highest BCUT2D eigenvalue weighted by Gasteiger charge is 2.53. The number of hydrogen-bond donors (Lipinski definition) is 2. The average molecular weight is 358 g/mol. The Balaban J connectivity index is 1.42. The second-order valence-electron chi connectivity index (χ2n) is 8.70. The van der Waals surface area contributed by atoms with Crippen LogP contribution in [0.3, 0.4) is 0 Å². The number of rotatable bonds is 5. The molecule has 5 rings (SSSR count). The highest BCUT2D eigenvalue weighted by molar-refractivity contribution is 5.90. The highest BCUT2D eigenvalue weighted by atomic mass is 16.5. The van der Waals surface area contributed by atoms with Crippen LogP contribution in [0.1, 0.15) is 45.4 Å². The quantitative estimate of drug-likeness (QED) is 0.818. The molecule has 4 aliphatic carbocycles. The summed E-state index contributed by atoms with van der Waals surface area (Å²) in [6.07, 6.45) is 8.11. The second kappa shape index (κ2) is 6.67. The summed E-state index contributed by atoms with van der Waals surface area (Å²) in [5.41, 5.74) is 0.981. The molecule has 142 valence electrons. The molecule has 4 saturated carbocycles. The van der Waals surface area contributed by atoms with Gasteiger partial charge in [-0.1, -0.05) is 0 Å². The van der Waals surface area contributed by atoms with Crippen molar-refractivity contribution in [3.05, 3.63) is 18.2 Å². The first-order valence-corrected chi connectivity index (χ1v) is 9.80. The van der Waals surface area contributed by atoms with Gasteiger partial charge in [-0.25, -0.2) is 4.79 Å². The Hall–Kier alpha value is -1.91. The fraction of sp³-hybridized carbons (Fsp3) is 0.667. The summed E-state index contributed by atoms with van der Waals surface area (Å²) in [5, 5.41) is 6.17. The van der Waals surface area contributed by atoms with Crippen LogP contribution in [0.15, 0.2) is 18.2 Å². The predicted molar refractivity (Wildman–Crippen MR) is 102 cm³/mol. The van der Waals surface area contributed by atoms with Crippen LogP contribution in [0.25, 0.3) is 0 Å². The number of nitrogens with one attached hydrogen (secondary N) is 2. The van der Waals surface area contributed by atoms with E-state index in [2.05, 4.69) is 17.6 Å². The van der Waals surface area contributed by atoms with Gasteiger partial charge in [0.15, 0.2) is 0 Å². The lowest BCUT2D eigenvalue weighted by atomic mass is 9.48. The summed E-state index contributed by atoms with van der Waals surface area (Å²) in [4.78, 5) is 12.6. The van der Waals surface area contributed by atoms with Gasteiger partial charge in [-0.05, 0) is 68.6 Å². The van der Waals surface area contributed by atoms with Crippen molar-refractivity contribution in [1.29, 1.82) is 0 Å². The Bertz CT molecular complexity index is 630. The largest absolute Gasteiger partial charge is 0.497 e. The van der Waals surface area contributed by atoms with E-state index in [-0.39, 0.29) is 12.1 Å². The fourth-order valence-electron chi connectivity index (χ4n) is 6.10. The number of amides is 2. The number of carbonyl (C=O) groups excluding carboxylic acids is 1. The third kappa shape index (κ3) is 3.24. The molecule has 4 fully saturated rings. The molecule has 1 aromatic carbocycles. The minimum Gasteiger partial charge on any atom is -0.497 e. The van der Waals surface area contributed by atoms with E-state index in [9.17, 15) is 4.79 Å². The van der Waals surface area contributed by atoms with Crippen LogP contribution in [0.2, 0.25) is 0 Å². The molecule has 1 aromatic rings. The number of hydrogen-bond acceptors (Lipinski definition) is 3. The number of urea groups is 1. The Morgan fingerprint density at radius 1 is 1.00 bits per heavy atom. The lowest BCUT2D eigenvalue weighted by Gasteiger charge is -2.59. The van der Waals surface area contributed by atoms with Crippen molar-refractivity contribution in [2.24, 2.45) is 23.2 Å². The zero-order chi connectivity index (χ0) is 18.3. The van der Waals surface area contributed by atoms with Crippen molar-refractivity contribution in [2.75, 3.05) is 19.5 Å². The van der Waals surface area contributed by atoms with Crippen molar-refractivity contribution < 1.29 is 14.3 Å². The molecule has 2 amide bonds. The number of anilines is 1. The van der Waals surface area contributed by atoms with E-state index < -0.39 is 0 Å². The van der Waals surface area contributed by atoms with Crippen molar-refractivity contribution in [3.63, 3.8) is 0 Å². The molecule has 5 heteroatoms. The third-order valence-corrected chi connectivity index (χ3v) is 6.96. The fourth-order valence-corrected chi connectivity index (χ4v) is 6.10. The molecule has 5 nitrogen and oxygen atoms in total. The first-order chi connectivity index (χ1) is 12.5. The van der Waals surface area contributed by atoms with Crippen LogP contribution in [0.5, 0.6) is 11.5 Å². The monoisotopic (exact) mass is 358 g/mol. The minimum absolute atomic E-state index is 0.149. The molecule has 0 heterocycles. The lowest BCUT2D eigenvalue weighted by Crippen LogP contribution is -2.56. The van der Waals surface area contributed by atoms with Gasteiger partial charge in [0.1, 0.15) is 11.5 Å². The van der Waals surface area contributed by atoms with Gasteiger partial charge in [0.05, 0.1) is 14.2 Å². The zero-order valence-electron chi connectivity index (χ0n) is 16.0. The van der Waals surface area contributed by atoms with Gasteiger partial charge in [-0.3, -0.25) is 0 Å². The van der Waals surface area contributed by atoms with E-state index in [0.717, 1.165) is 17.8 Å². The standard InChI is InChI=1S/C21H30N2O3/c1-13(21-10-14-4-15(11-21)6-16(5-14)12-21)22-20(24)23-17-7-18(25-2)9-19(8-17)26-3/h7-9,13-16H,4-6,10-12H2,1-3H3,(H2,22,23,24). The van der Waals surface area contributed by atoms with Crippen molar-refractivity contribution >= 4 is 11.7 Å². The predicted octanol–water partition coefficient (Wildman–Crippen LogP) is 4.43. The average Bonchev–Trinajstić information content (AvgIpc) is 2.60. The third-order valence-electron chi connectivity index (χ3n) is 6.96. The molecule has 0 radical (unpaired) electrons. The van der Waals surface area contributed by atoms with E-state index in [1.165, 1.54) is 38.5 Å². The molecule has 2 N–H and O–H groups in total. The van der Waals surface area contributed by atoms with Crippen LogP contribution in [-0.2, 0) is 0 Å². The van der Waals surface area contributed by atoms with Crippen molar-refractivity contribution in [1.82, 2.24) is 5.32 Å². The highest BCUT2D eigenvalue weighted by Crippen LogP contribution is 2.61. The van der Waals surface area contributed by atoms with E-state index in [4.69, 9.17) is 9.47 Å².